The van der Waals surface area contributed by atoms with E-state index in [4.69, 9.17) is 11.6 Å². The summed E-state index contributed by atoms with van der Waals surface area (Å²) < 4.78 is 1.63. The van der Waals surface area contributed by atoms with E-state index in [0.29, 0.717) is 23.9 Å². The van der Waals surface area contributed by atoms with Gasteiger partial charge in [-0.3, -0.25) is 4.79 Å². The third kappa shape index (κ3) is 3.41. The lowest BCUT2D eigenvalue weighted by molar-refractivity contribution is 0.716. The SMILES string of the molecule is CCn1ccnc(NCC(c2ccccc2Cl)c2c[nH]c3ccccc23)c1=O. The van der Waals surface area contributed by atoms with E-state index in [1.54, 1.807) is 17.0 Å². The summed E-state index contributed by atoms with van der Waals surface area (Å²) in [6.45, 7) is 3.04. The van der Waals surface area contributed by atoms with Crippen molar-refractivity contribution in [3.8, 4) is 0 Å². The van der Waals surface area contributed by atoms with Crippen LogP contribution in [0.2, 0.25) is 5.02 Å². The van der Waals surface area contributed by atoms with Gasteiger partial charge in [-0.1, -0.05) is 48.0 Å². The van der Waals surface area contributed by atoms with Crippen LogP contribution in [0.4, 0.5) is 5.82 Å². The summed E-state index contributed by atoms with van der Waals surface area (Å²) in [5, 5.41) is 5.09. The third-order valence-electron chi connectivity index (χ3n) is 5.01. The first-order valence-corrected chi connectivity index (χ1v) is 9.66. The van der Waals surface area contributed by atoms with Gasteiger partial charge in [0.05, 0.1) is 0 Å². The number of aromatic amines is 1. The summed E-state index contributed by atoms with van der Waals surface area (Å²) in [5.41, 5.74) is 3.08. The molecule has 0 spiro atoms. The van der Waals surface area contributed by atoms with Crippen LogP contribution in [-0.4, -0.2) is 21.1 Å². The largest absolute Gasteiger partial charge is 0.365 e. The quantitative estimate of drug-likeness (QED) is 0.502. The van der Waals surface area contributed by atoms with E-state index in [1.165, 1.54) is 0 Å². The van der Waals surface area contributed by atoms with Crippen molar-refractivity contribution < 1.29 is 0 Å². The number of para-hydroxylation sites is 1. The van der Waals surface area contributed by atoms with Crippen molar-refractivity contribution in [2.45, 2.75) is 19.4 Å². The van der Waals surface area contributed by atoms with Gasteiger partial charge in [-0.05, 0) is 30.2 Å². The van der Waals surface area contributed by atoms with Gasteiger partial charge < -0.3 is 14.9 Å². The lowest BCUT2D eigenvalue weighted by atomic mass is 9.91. The van der Waals surface area contributed by atoms with E-state index in [2.05, 4.69) is 27.4 Å². The Morgan fingerprint density at radius 3 is 2.75 bits per heavy atom. The first kappa shape index (κ1) is 18.3. The molecule has 0 bridgehead atoms. The van der Waals surface area contributed by atoms with E-state index in [0.717, 1.165) is 22.0 Å². The van der Waals surface area contributed by atoms with Gasteiger partial charge in [-0.15, -0.1) is 0 Å². The van der Waals surface area contributed by atoms with Crippen molar-refractivity contribution in [2.24, 2.45) is 0 Å². The minimum Gasteiger partial charge on any atom is -0.365 e. The van der Waals surface area contributed by atoms with Crippen LogP contribution >= 0.6 is 11.6 Å². The van der Waals surface area contributed by atoms with Crippen molar-refractivity contribution in [1.82, 2.24) is 14.5 Å². The van der Waals surface area contributed by atoms with Crippen LogP contribution in [0, 0.1) is 0 Å². The molecule has 142 valence electrons. The molecule has 0 aliphatic carbocycles. The van der Waals surface area contributed by atoms with Crippen LogP contribution in [-0.2, 0) is 6.54 Å². The average molecular weight is 393 g/mol. The van der Waals surface area contributed by atoms with Crippen molar-refractivity contribution >= 4 is 28.3 Å². The molecule has 2 aromatic carbocycles. The zero-order valence-corrected chi connectivity index (χ0v) is 16.3. The molecular formula is C22H21ClN4O. The van der Waals surface area contributed by atoms with Crippen LogP contribution in [0.3, 0.4) is 0 Å². The second-order valence-electron chi connectivity index (χ2n) is 6.61. The Hall–Kier alpha value is -3.05. The number of rotatable bonds is 6. The van der Waals surface area contributed by atoms with Gasteiger partial charge in [0.25, 0.3) is 5.56 Å². The molecule has 5 nitrogen and oxygen atoms in total. The van der Waals surface area contributed by atoms with E-state index < -0.39 is 0 Å². The Morgan fingerprint density at radius 2 is 1.93 bits per heavy atom. The molecule has 1 unspecified atom stereocenters. The Kier molecular flexibility index (Phi) is 5.17. The monoisotopic (exact) mass is 392 g/mol. The fourth-order valence-electron chi connectivity index (χ4n) is 3.54. The van der Waals surface area contributed by atoms with Gasteiger partial charge in [0.1, 0.15) is 0 Å². The number of H-pyrrole nitrogens is 1. The van der Waals surface area contributed by atoms with E-state index >= 15 is 0 Å². The highest BCUT2D eigenvalue weighted by molar-refractivity contribution is 6.31. The number of nitrogens with one attached hydrogen (secondary N) is 2. The third-order valence-corrected chi connectivity index (χ3v) is 5.35. The topological polar surface area (TPSA) is 62.7 Å². The molecule has 1 atom stereocenters. The van der Waals surface area contributed by atoms with Crippen LogP contribution in [0.15, 0.2) is 71.9 Å². The summed E-state index contributed by atoms with van der Waals surface area (Å²) >= 11 is 6.53. The van der Waals surface area contributed by atoms with E-state index in [1.807, 2.05) is 49.5 Å². The second-order valence-corrected chi connectivity index (χ2v) is 7.02. The zero-order chi connectivity index (χ0) is 19.5. The smallest absolute Gasteiger partial charge is 0.293 e. The lowest BCUT2D eigenvalue weighted by Crippen LogP contribution is -2.26. The number of aromatic nitrogens is 3. The molecule has 0 saturated heterocycles. The number of nitrogens with zero attached hydrogens (tertiary/aromatic N) is 2. The molecule has 28 heavy (non-hydrogen) atoms. The number of aryl methyl sites for hydroxylation is 1. The lowest BCUT2D eigenvalue weighted by Gasteiger charge is -2.19. The molecular weight excluding hydrogens is 372 g/mol. The number of hydrogen-bond acceptors (Lipinski definition) is 3. The molecule has 0 aliphatic rings. The van der Waals surface area contributed by atoms with Crippen LogP contribution in [0.1, 0.15) is 24.0 Å². The van der Waals surface area contributed by atoms with Crippen LogP contribution in [0.25, 0.3) is 10.9 Å². The fraction of sp³-hybridized carbons (Fsp3) is 0.182. The number of halogens is 1. The van der Waals surface area contributed by atoms with E-state index in [9.17, 15) is 4.79 Å². The summed E-state index contributed by atoms with van der Waals surface area (Å²) in [5.74, 6) is 0.308. The summed E-state index contributed by atoms with van der Waals surface area (Å²) in [7, 11) is 0. The Morgan fingerprint density at radius 1 is 1.14 bits per heavy atom. The molecule has 2 N–H and O–H groups in total. The van der Waals surface area contributed by atoms with Crippen LogP contribution in [0.5, 0.6) is 0 Å². The maximum absolute atomic E-state index is 12.5. The highest BCUT2D eigenvalue weighted by Gasteiger charge is 2.21. The fourth-order valence-corrected chi connectivity index (χ4v) is 3.81. The highest BCUT2D eigenvalue weighted by atomic mass is 35.5. The van der Waals surface area contributed by atoms with Gasteiger partial charge in [0.2, 0.25) is 0 Å². The number of benzene rings is 2. The molecule has 0 radical (unpaired) electrons. The number of hydrogen-bond donors (Lipinski definition) is 2. The molecule has 4 rings (SSSR count). The number of fused-ring (bicyclic) bond motifs is 1. The minimum absolute atomic E-state index is 0.0404. The van der Waals surface area contributed by atoms with E-state index in [-0.39, 0.29) is 11.5 Å². The van der Waals surface area contributed by atoms with Crippen molar-refractivity contribution in [3.63, 3.8) is 0 Å². The molecule has 2 aromatic heterocycles. The Labute approximate surface area is 168 Å². The van der Waals surface area contributed by atoms with Gasteiger partial charge >= 0.3 is 0 Å². The Bertz CT molecular complexity index is 1160. The second kappa shape index (κ2) is 7.90. The number of anilines is 1. The molecule has 6 heteroatoms. The van der Waals surface area contributed by atoms with Crippen LogP contribution < -0.4 is 10.9 Å². The zero-order valence-electron chi connectivity index (χ0n) is 15.5. The Balaban J connectivity index is 1.74. The predicted octanol–water partition coefficient (Wildman–Crippen LogP) is 4.64. The predicted molar refractivity (Wildman–Crippen MR) is 114 cm³/mol. The first-order valence-electron chi connectivity index (χ1n) is 9.28. The van der Waals surface area contributed by atoms with Crippen molar-refractivity contribution in [1.29, 1.82) is 0 Å². The maximum atomic E-state index is 12.5. The van der Waals surface area contributed by atoms with Crippen molar-refractivity contribution in [2.75, 3.05) is 11.9 Å². The van der Waals surface area contributed by atoms with Gasteiger partial charge in [-0.25, -0.2) is 4.98 Å². The average Bonchev–Trinajstić information content (AvgIpc) is 3.14. The highest BCUT2D eigenvalue weighted by Crippen LogP contribution is 2.34. The molecule has 0 saturated carbocycles. The standard InChI is InChI=1S/C22H21ClN4O/c1-2-27-12-11-24-21(22(27)28)26-14-17(15-7-3-5-9-19(15)23)18-13-25-20-10-6-4-8-16(18)20/h3-13,17,25H,2,14H2,1H3,(H,24,26). The first-order chi connectivity index (χ1) is 13.7. The summed E-state index contributed by atoms with van der Waals surface area (Å²) in [6.07, 6.45) is 5.35. The summed E-state index contributed by atoms with van der Waals surface area (Å²) in [6, 6.07) is 16.0. The minimum atomic E-state index is -0.123. The van der Waals surface area contributed by atoms with Gasteiger partial charge in [0.15, 0.2) is 5.82 Å². The van der Waals surface area contributed by atoms with Crippen molar-refractivity contribution in [3.05, 3.63) is 93.6 Å². The molecule has 0 aliphatic heterocycles. The maximum Gasteiger partial charge on any atom is 0.293 e. The molecule has 4 aromatic rings. The molecule has 0 fully saturated rings. The molecule has 0 amide bonds. The normalized spacial score (nSPS) is 12.2. The molecule has 2 heterocycles. The summed E-state index contributed by atoms with van der Waals surface area (Å²) in [4.78, 5) is 20.1. The van der Waals surface area contributed by atoms with Gasteiger partial charge in [0, 0.05) is 53.5 Å². The van der Waals surface area contributed by atoms with Gasteiger partial charge in [-0.2, -0.15) is 0 Å².